The van der Waals surface area contributed by atoms with Gasteiger partial charge in [-0.05, 0) is 62.9 Å². The molecule has 3 aliphatic rings. The summed E-state index contributed by atoms with van der Waals surface area (Å²) in [7, 11) is 3.89. The van der Waals surface area contributed by atoms with E-state index < -0.39 is 0 Å². The number of hydrogen-bond donors (Lipinski definition) is 0. The van der Waals surface area contributed by atoms with Crippen LogP contribution >= 0.6 is 12.4 Å². The van der Waals surface area contributed by atoms with Crippen LogP contribution in [0.25, 0.3) is 0 Å². The number of ketones is 1. The highest BCUT2D eigenvalue weighted by atomic mass is 35.5. The van der Waals surface area contributed by atoms with E-state index in [-0.39, 0.29) is 59.0 Å². The third-order valence-corrected chi connectivity index (χ3v) is 8.79. The minimum Gasteiger partial charge on any atom is -0.462 e. The normalized spacial score (nSPS) is 36.4. The molecule has 0 radical (unpaired) electrons. The average Bonchev–Trinajstić information content (AvgIpc) is 2.67. The van der Waals surface area contributed by atoms with Gasteiger partial charge in [0, 0.05) is 37.3 Å². The first kappa shape index (κ1) is 27.8. The molecule has 0 N–H and O–H groups in total. The third-order valence-electron chi connectivity index (χ3n) is 8.79. The van der Waals surface area contributed by atoms with E-state index >= 15 is 0 Å². The molecular weight excluding hydrogens is 442 g/mol. The monoisotopic (exact) mass is 483 g/mol. The number of fused-ring (bicyclic) bond motifs is 3. The molecule has 0 aromatic carbocycles. The fourth-order valence-corrected chi connectivity index (χ4v) is 7.03. The van der Waals surface area contributed by atoms with Crippen LogP contribution in [0.2, 0.25) is 0 Å². The highest BCUT2D eigenvalue weighted by molar-refractivity contribution is 5.86. The van der Waals surface area contributed by atoms with Crippen LogP contribution in [0.1, 0.15) is 66.7 Å². The Kier molecular flexibility index (Phi) is 8.83. The Bertz CT molecular complexity index is 792. The van der Waals surface area contributed by atoms with Gasteiger partial charge in [0.05, 0.1) is 0 Å². The van der Waals surface area contributed by atoms with Crippen molar-refractivity contribution in [3.05, 3.63) is 11.6 Å². The van der Waals surface area contributed by atoms with Gasteiger partial charge in [0.1, 0.15) is 18.5 Å². The summed E-state index contributed by atoms with van der Waals surface area (Å²) in [5.74, 6) is 0.237. The van der Waals surface area contributed by atoms with E-state index in [2.05, 4.69) is 27.7 Å². The SMILES string of the molecule is CC(=O)OC1CCC2(C)C3CC/C(=C\C(=O)OCCN(C)C)C(C)C3C(=O)CC2C1(C)C.Cl. The summed E-state index contributed by atoms with van der Waals surface area (Å²) in [6.07, 6.45) is 5.56. The molecule has 3 aliphatic carbocycles. The summed E-state index contributed by atoms with van der Waals surface area (Å²) >= 11 is 0. The summed E-state index contributed by atoms with van der Waals surface area (Å²) in [5, 5.41) is 0. The summed E-state index contributed by atoms with van der Waals surface area (Å²) in [6.45, 7) is 11.3. The maximum Gasteiger partial charge on any atom is 0.330 e. The molecular formula is C26H42ClNO5. The van der Waals surface area contributed by atoms with Crippen LogP contribution in [0.15, 0.2) is 11.6 Å². The van der Waals surface area contributed by atoms with Gasteiger partial charge < -0.3 is 14.4 Å². The van der Waals surface area contributed by atoms with Crippen LogP contribution in [0.5, 0.6) is 0 Å². The third kappa shape index (κ3) is 5.48. The summed E-state index contributed by atoms with van der Waals surface area (Å²) in [4.78, 5) is 39.4. The smallest absolute Gasteiger partial charge is 0.330 e. The quantitative estimate of drug-likeness (QED) is 0.425. The molecule has 3 rings (SSSR count). The van der Waals surface area contributed by atoms with Crippen molar-refractivity contribution in [1.82, 2.24) is 4.90 Å². The number of esters is 2. The van der Waals surface area contributed by atoms with E-state index in [4.69, 9.17) is 9.47 Å². The molecule has 0 spiro atoms. The highest BCUT2D eigenvalue weighted by Gasteiger charge is 2.62. The second kappa shape index (κ2) is 10.5. The number of ether oxygens (including phenoxy) is 2. The number of rotatable bonds is 5. The van der Waals surface area contributed by atoms with Crippen molar-refractivity contribution in [2.45, 2.75) is 72.8 Å². The molecule has 0 aromatic heterocycles. The number of nitrogens with zero attached hydrogens (tertiary/aromatic N) is 1. The lowest BCUT2D eigenvalue weighted by molar-refractivity contribution is -0.187. The van der Waals surface area contributed by atoms with E-state index in [0.29, 0.717) is 31.3 Å². The molecule has 33 heavy (non-hydrogen) atoms. The molecule has 0 bridgehead atoms. The summed E-state index contributed by atoms with van der Waals surface area (Å²) in [5.41, 5.74) is 0.837. The molecule has 0 saturated heterocycles. The van der Waals surface area contributed by atoms with Crippen molar-refractivity contribution in [3.8, 4) is 0 Å². The summed E-state index contributed by atoms with van der Waals surface area (Å²) < 4.78 is 11.0. The van der Waals surface area contributed by atoms with Crippen molar-refractivity contribution in [2.24, 2.45) is 34.5 Å². The van der Waals surface area contributed by atoms with Gasteiger partial charge in [-0.1, -0.05) is 33.3 Å². The Hall–Kier alpha value is -1.40. The van der Waals surface area contributed by atoms with Crippen molar-refractivity contribution in [3.63, 3.8) is 0 Å². The summed E-state index contributed by atoms with van der Waals surface area (Å²) in [6, 6.07) is 0. The maximum absolute atomic E-state index is 13.5. The second-order valence-corrected chi connectivity index (χ2v) is 11.3. The first-order valence-corrected chi connectivity index (χ1v) is 12.1. The molecule has 6 nitrogen and oxygen atoms in total. The molecule has 6 unspecified atom stereocenters. The van der Waals surface area contributed by atoms with Gasteiger partial charge in [0.25, 0.3) is 0 Å². The van der Waals surface area contributed by atoms with Gasteiger partial charge in [0.15, 0.2) is 0 Å². The van der Waals surface area contributed by atoms with Crippen LogP contribution in [-0.2, 0) is 23.9 Å². The van der Waals surface area contributed by atoms with E-state index in [1.807, 2.05) is 19.0 Å². The van der Waals surface area contributed by atoms with E-state index in [0.717, 1.165) is 31.3 Å². The van der Waals surface area contributed by atoms with Gasteiger partial charge in [-0.25, -0.2) is 4.79 Å². The number of Topliss-reactive ketones (excluding diaryl/α,β-unsaturated/α-hetero) is 1. The van der Waals surface area contributed by atoms with Crippen LogP contribution < -0.4 is 0 Å². The van der Waals surface area contributed by atoms with Gasteiger partial charge >= 0.3 is 11.9 Å². The molecule has 3 saturated carbocycles. The van der Waals surface area contributed by atoms with E-state index in [1.54, 1.807) is 6.08 Å². The molecule has 188 valence electrons. The molecule has 7 heteroatoms. The van der Waals surface area contributed by atoms with Crippen molar-refractivity contribution < 1.29 is 23.9 Å². The molecule has 0 aromatic rings. The number of carbonyl (C=O) groups is 3. The fraction of sp³-hybridized carbons (Fsp3) is 0.808. The van der Waals surface area contributed by atoms with Gasteiger partial charge in [-0.2, -0.15) is 0 Å². The lowest BCUT2D eigenvalue weighted by Crippen LogP contribution is -2.60. The van der Waals surface area contributed by atoms with E-state index in [1.165, 1.54) is 6.92 Å². The number of likely N-dealkylation sites (N-methyl/N-ethyl adjacent to an activating group) is 1. The fourth-order valence-electron chi connectivity index (χ4n) is 7.03. The Morgan fingerprint density at radius 3 is 2.45 bits per heavy atom. The predicted octanol–water partition coefficient (Wildman–Crippen LogP) is 4.45. The largest absolute Gasteiger partial charge is 0.462 e. The number of carbonyl (C=O) groups excluding carboxylic acids is 3. The molecule has 0 heterocycles. The zero-order chi connectivity index (χ0) is 23.8. The van der Waals surface area contributed by atoms with Crippen LogP contribution in [-0.4, -0.2) is 56.0 Å². The lowest BCUT2D eigenvalue weighted by Gasteiger charge is -2.62. The number of halogens is 1. The highest BCUT2D eigenvalue weighted by Crippen LogP contribution is 2.64. The topological polar surface area (TPSA) is 72.9 Å². The number of allylic oxidation sites excluding steroid dienone is 1. The van der Waals surface area contributed by atoms with Gasteiger partial charge in [-0.3, -0.25) is 9.59 Å². The van der Waals surface area contributed by atoms with E-state index in [9.17, 15) is 14.4 Å². The minimum atomic E-state index is -0.303. The standard InChI is InChI=1S/C26H41NO5.ClH/c1-16-18(14-23(30)31-13-12-27(6)7)8-9-19-24(16)20(29)15-21-25(3,4)22(32-17(2)28)10-11-26(19,21)5;/h14,16,19,21-22,24H,8-13,15H2,1-7H3;1H/b18-14+;. The Balaban J connectivity index is 0.00000385. The predicted molar refractivity (Wildman–Crippen MR) is 130 cm³/mol. The average molecular weight is 484 g/mol. The maximum atomic E-state index is 13.5. The zero-order valence-corrected chi connectivity index (χ0v) is 22.1. The Morgan fingerprint density at radius 2 is 1.85 bits per heavy atom. The van der Waals surface area contributed by atoms with Crippen LogP contribution in [0.3, 0.4) is 0 Å². The van der Waals surface area contributed by atoms with Crippen LogP contribution in [0, 0.1) is 34.5 Å². The zero-order valence-electron chi connectivity index (χ0n) is 21.3. The molecule has 3 fully saturated rings. The Labute approximate surface area is 205 Å². The first-order chi connectivity index (χ1) is 14.9. The minimum absolute atomic E-state index is 0. The number of hydrogen-bond acceptors (Lipinski definition) is 6. The van der Waals surface area contributed by atoms with Crippen molar-refractivity contribution in [1.29, 1.82) is 0 Å². The van der Waals surface area contributed by atoms with Crippen molar-refractivity contribution >= 4 is 30.1 Å². The molecule has 0 amide bonds. The Morgan fingerprint density at radius 1 is 1.18 bits per heavy atom. The molecule has 6 atom stereocenters. The first-order valence-electron chi connectivity index (χ1n) is 12.1. The van der Waals surface area contributed by atoms with Gasteiger partial charge in [0.2, 0.25) is 0 Å². The second-order valence-electron chi connectivity index (χ2n) is 11.3. The van der Waals surface area contributed by atoms with Crippen molar-refractivity contribution in [2.75, 3.05) is 27.2 Å². The van der Waals surface area contributed by atoms with Gasteiger partial charge in [-0.15, -0.1) is 12.4 Å². The lowest BCUT2D eigenvalue weighted by atomic mass is 9.42. The molecule has 0 aliphatic heterocycles. The van der Waals surface area contributed by atoms with Crippen LogP contribution in [0.4, 0.5) is 0 Å².